The van der Waals surface area contributed by atoms with Gasteiger partial charge in [-0.2, -0.15) is 0 Å². The summed E-state index contributed by atoms with van der Waals surface area (Å²) in [5.74, 6) is 0. The predicted molar refractivity (Wildman–Crippen MR) is 87.2 cm³/mol. The summed E-state index contributed by atoms with van der Waals surface area (Å²) in [5.41, 5.74) is 5.19. The lowest BCUT2D eigenvalue weighted by Crippen LogP contribution is -2.38. The van der Waals surface area contributed by atoms with Gasteiger partial charge in [0.05, 0.1) is 0 Å². The molecule has 0 aliphatic carbocycles. The van der Waals surface area contributed by atoms with Gasteiger partial charge in [0.15, 0.2) is 0 Å². The third-order valence-corrected chi connectivity index (χ3v) is 3.65. The minimum Gasteiger partial charge on any atom is -0.310 e. The highest BCUT2D eigenvalue weighted by molar-refractivity contribution is 5.33. The molecule has 0 aliphatic rings. The van der Waals surface area contributed by atoms with Gasteiger partial charge in [-0.3, -0.25) is 4.98 Å². The van der Waals surface area contributed by atoms with Gasteiger partial charge in [0.25, 0.3) is 0 Å². The number of nitrogens with one attached hydrogen (secondary N) is 1. The van der Waals surface area contributed by atoms with E-state index in [-0.39, 0.29) is 5.41 Å². The molecule has 0 aromatic carbocycles. The van der Waals surface area contributed by atoms with E-state index in [1.807, 2.05) is 0 Å². The first-order valence-electron chi connectivity index (χ1n) is 7.45. The number of pyridine rings is 1. The molecule has 1 N–H and O–H groups in total. The van der Waals surface area contributed by atoms with Crippen molar-refractivity contribution in [2.75, 3.05) is 27.2 Å². The second-order valence-electron chi connectivity index (χ2n) is 7.08. The first-order valence-corrected chi connectivity index (χ1v) is 7.45. The van der Waals surface area contributed by atoms with Crippen LogP contribution in [0.5, 0.6) is 0 Å². The molecule has 1 atom stereocenters. The minimum atomic E-state index is 0.262. The number of hydrogen-bond acceptors (Lipinski definition) is 3. The Labute approximate surface area is 124 Å². The maximum Gasteiger partial charge on any atom is 0.0426 e. The lowest BCUT2D eigenvalue weighted by atomic mass is 9.91. The van der Waals surface area contributed by atoms with Crippen LogP contribution in [0, 0.1) is 26.2 Å². The lowest BCUT2D eigenvalue weighted by Gasteiger charge is -2.30. The molecule has 0 saturated carbocycles. The van der Waals surface area contributed by atoms with Crippen LogP contribution in [0.15, 0.2) is 6.07 Å². The van der Waals surface area contributed by atoms with E-state index in [0.29, 0.717) is 6.04 Å². The van der Waals surface area contributed by atoms with E-state index in [9.17, 15) is 0 Å². The van der Waals surface area contributed by atoms with E-state index in [0.717, 1.165) is 24.5 Å². The summed E-state index contributed by atoms with van der Waals surface area (Å²) in [6.45, 7) is 15.3. The van der Waals surface area contributed by atoms with Gasteiger partial charge in [-0.1, -0.05) is 13.8 Å². The van der Waals surface area contributed by atoms with Crippen molar-refractivity contribution in [1.82, 2.24) is 15.2 Å². The zero-order chi connectivity index (χ0) is 15.5. The van der Waals surface area contributed by atoms with Crippen LogP contribution >= 0.6 is 0 Å². The van der Waals surface area contributed by atoms with Crippen LogP contribution < -0.4 is 5.32 Å². The summed E-state index contributed by atoms with van der Waals surface area (Å²) in [6.07, 6.45) is 0. The molecule has 0 radical (unpaired) electrons. The van der Waals surface area contributed by atoms with Gasteiger partial charge in [-0.25, -0.2) is 0 Å². The highest BCUT2D eigenvalue weighted by Crippen LogP contribution is 2.23. The Hall–Kier alpha value is -0.930. The number of nitrogens with zero attached hydrogens (tertiary/aromatic N) is 2. The topological polar surface area (TPSA) is 28.2 Å². The quantitative estimate of drug-likeness (QED) is 0.865. The molecule has 0 spiro atoms. The van der Waals surface area contributed by atoms with Crippen LogP contribution in [0.25, 0.3) is 0 Å². The average molecular weight is 277 g/mol. The van der Waals surface area contributed by atoms with Gasteiger partial charge in [-0.05, 0) is 64.4 Å². The Morgan fingerprint density at radius 1 is 1.25 bits per heavy atom. The molecule has 0 fully saturated rings. The standard InChI is InChI=1S/C17H31N3/c1-12-9-13(2)19-15(4)16(12)14(3)18-10-17(5,6)11-20(7)8/h9,14,18H,10-11H2,1-8H3. The molecule has 1 rings (SSSR count). The molecule has 3 nitrogen and oxygen atoms in total. The van der Waals surface area contributed by atoms with E-state index < -0.39 is 0 Å². The summed E-state index contributed by atoms with van der Waals surface area (Å²) in [6, 6.07) is 2.51. The van der Waals surface area contributed by atoms with Crippen molar-refractivity contribution >= 4 is 0 Å². The fourth-order valence-corrected chi connectivity index (χ4v) is 3.13. The molecule has 0 saturated heterocycles. The second kappa shape index (κ2) is 6.68. The lowest BCUT2D eigenvalue weighted by molar-refractivity contribution is 0.226. The van der Waals surface area contributed by atoms with Crippen LogP contribution in [0.4, 0.5) is 0 Å². The summed E-state index contributed by atoms with van der Waals surface area (Å²) in [5, 5.41) is 3.68. The Kier molecular flexibility index (Phi) is 5.72. The van der Waals surface area contributed by atoms with Gasteiger partial charge in [0.1, 0.15) is 0 Å². The summed E-state index contributed by atoms with van der Waals surface area (Å²) in [7, 11) is 4.26. The smallest absolute Gasteiger partial charge is 0.0426 e. The maximum atomic E-state index is 4.60. The molecule has 114 valence electrons. The third-order valence-electron chi connectivity index (χ3n) is 3.65. The van der Waals surface area contributed by atoms with E-state index in [2.05, 4.69) is 76.9 Å². The minimum absolute atomic E-state index is 0.262. The van der Waals surface area contributed by atoms with Gasteiger partial charge < -0.3 is 10.2 Å². The number of hydrogen-bond donors (Lipinski definition) is 1. The summed E-state index contributed by atoms with van der Waals surface area (Å²) < 4.78 is 0. The van der Waals surface area contributed by atoms with Crippen molar-refractivity contribution in [1.29, 1.82) is 0 Å². The van der Waals surface area contributed by atoms with Crippen LogP contribution in [0.1, 0.15) is 49.3 Å². The van der Waals surface area contributed by atoms with Gasteiger partial charge in [0, 0.05) is 30.5 Å². The van der Waals surface area contributed by atoms with Crippen LogP contribution in [-0.2, 0) is 0 Å². The predicted octanol–water partition coefficient (Wildman–Crippen LogP) is 3.25. The maximum absolute atomic E-state index is 4.60. The largest absolute Gasteiger partial charge is 0.310 e. The Bertz CT molecular complexity index is 427. The van der Waals surface area contributed by atoms with Gasteiger partial charge in [0.2, 0.25) is 0 Å². The highest BCUT2D eigenvalue weighted by Gasteiger charge is 2.21. The zero-order valence-electron chi connectivity index (χ0n) is 14.5. The van der Waals surface area contributed by atoms with Crippen LogP contribution in [-0.4, -0.2) is 37.1 Å². The van der Waals surface area contributed by atoms with Crippen molar-refractivity contribution in [3.63, 3.8) is 0 Å². The molecule has 0 amide bonds. The molecule has 0 bridgehead atoms. The fraction of sp³-hybridized carbons (Fsp3) is 0.706. The highest BCUT2D eigenvalue weighted by atomic mass is 15.1. The van der Waals surface area contributed by atoms with Crippen molar-refractivity contribution in [2.24, 2.45) is 5.41 Å². The Morgan fingerprint density at radius 3 is 2.35 bits per heavy atom. The van der Waals surface area contributed by atoms with Crippen LogP contribution in [0.3, 0.4) is 0 Å². The zero-order valence-corrected chi connectivity index (χ0v) is 14.5. The Balaban J connectivity index is 2.75. The van der Waals surface area contributed by atoms with E-state index >= 15 is 0 Å². The van der Waals surface area contributed by atoms with Gasteiger partial charge >= 0.3 is 0 Å². The first-order chi connectivity index (χ1) is 9.12. The number of aromatic nitrogens is 1. The summed E-state index contributed by atoms with van der Waals surface area (Å²) in [4.78, 5) is 6.85. The fourth-order valence-electron chi connectivity index (χ4n) is 3.13. The normalized spacial score (nSPS) is 13.8. The van der Waals surface area contributed by atoms with E-state index in [4.69, 9.17) is 0 Å². The molecule has 1 heterocycles. The second-order valence-corrected chi connectivity index (χ2v) is 7.08. The molecule has 3 heteroatoms. The molecule has 0 aliphatic heterocycles. The molecular weight excluding hydrogens is 246 g/mol. The monoisotopic (exact) mass is 277 g/mol. The summed E-state index contributed by atoms with van der Waals surface area (Å²) >= 11 is 0. The molecular formula is C17H31N3. The Morgan fingerprint density at radius 2 is 1.85 bits per heavy atom. The first kappa shape index (κ1) is 17.1. The molecule has 1 unspecified atom stereocenters. The van der Waals surface area contributed by atoms with Gasteiger partial charge in [-0.15, -0.1) is 0 Å². The average Bonchev–Trinajstić information content (AvgIpc) is 2.23. The van der Waals surface area contributed by atoms with E-state index in [1.54, 1.807) is 0 Å². The van der Waals surface area contributed by atoms with Crippen molar-refractivity contribution in [3.8, 4) is 0 Å². The number of rotatable bonds is 6. The van der Waals surface area contributed by atoms with E-state index in [1.165, 1.54) is 11.1 Å². The SMILES string of the molecule is Cc1cc(C)c(C(C)NCC(C)(C)CN(C)C)c(C)n1. The molecule has 1 aromatic heterocycles. The number of aryl methyl sites for hydroxylation is 3. The third kappa shape index (κ3) is 4.88. The van der Waals surface area contributed by atoms with Crippen molar-refractivity contribution in [2.45, 2.75) is 47.6 Å². The molecule has 1 aromatic rings. The van der Waals surface area contributed by atoms with Crippen molar-refractivity contribution < 1.29 is 0 Å². The van der Waals surface area contributed by atoms with Crippen molar-refractivity contribution in [3.05, 3.63) is 28.6 Å². The van der Waals surface area contributed by atoms with Crippen LogP contribution in [0.2, 0.25) is 0 Å². The molecule has 20 heavy (non-hydrogen) atoms.